The summed E-state index contributed by atoms with van der Waals surface area (Å²) in [4.78, 5) is 12.1. The predicted octanol–water partition coefficient (Wildman–Crippen LogP) is 4.53. The van der Waals surface area contributed by atoms with Gasteiger partial charge in [-0.15, -0.1) is 0 Å². The monoisotopic (exact) mass is 430 g/mol. The summed E-state index contributed by atoms with van der Waals surface area (Å²) in [7, 11) is -3.63. The smallest absolute Gasteiger partial charge is 0.419 e. The molecule has 0 aliphatic heterocycles. The summed E-state index contributed by atoms with van der Waals surface area (Å²) in [5, 5.41) is 0. The molecule has 0 radical (unpaired) electrons. The van der Waals surface area contributed by atoms with Gasteiger partial charge in [-0.3, -0.25) is 4.79 Å². The van der Waals surface area contributed by atoms with Crippen molar-refractivity contribution in [3.63, 3.8) is 0 Å². The minimum Gasteiger partial charge on any atom is -0.492 e. The number of carbonyl (C=O) groups is 1. The molecule has 0 saturated heterocycles. The van der Waals surface area contributed by atoms with E-state index in [-0.39, 0.29) is 23.3 Å². The molecule has 1 aromatic rings. The molecular formula is C21H25F3O4S. The van der Waals surface area contributed by atoms with Crippen LogP contribution in [0, 0.1) is 23.2 Å². The summed E-state index contributed by atoms with van der Waals surface area (Å²) in [6.07, 6.45) is 2.96. The Labute approximate surface area is 168 Å². The highest BCUT2D eigenvalue weighted by Crippen LogP contribution is 2.60. The van der Waals surface area contributed by atoms with Gasteiger partial charge in [-0.2, -0.15) is 13.2 Å². The van der Waals surface area contributed by atoms with Crippen molar-refractivity contribution < 1.29 is 31.1 Å². The molecule has 4 fully saturated rings. The number of carbonyl (C=O) groups excluding carboxylic acids is 1. The number of sulfone groups is 1. The maximum Gasteiger partial charge on any atom is 0.419 e. The van der Waals surface area contributed by atoms with Crippen LogP contribution in [0.4, 0.5) is 13.2 Å². The van der Waals surface area contributed by atoms with Crippen molar-refractivity contribution >= 4 is 15.6 Å². The lowest BCUT2D eigenvalue weighted by Gasteiger charge is -2.56. The molecule has 0 N–H and O–H groups in total. The molecule has 0 spiro atoms. The van der Waals surface area contributed by atoms with Gasteiger partial charge in [0, 0.05) is 17.2 Å². The molecule has 8 heteroatoms. The Morgan fingerprint density at radius 1 is 1.10 bits per heavy atom. The molecule has 0 amide bonds. The fraction of sp³-hybridized carbons (Fsp3) is 0.667. The van der Waals surface area contributed by atoms with Gasteiger partial charge in [-0.05, 0) is 74.5 Å². The number of hydrogen-bond donors (Lipinski definition) is 0. The van der Waals surface area contributed by atoms with E-state index in [2.05, 4.69) is 0 Å². The maximum absolute atomic E-state index is 13.6. The first-order valence-electron chi connectivity index (χ1n) is 9.97. The van der Waals surface area contributed by atoms with Crippen LogP contribution in [-0.2, 0) is 16.0 Å². The van der Waals surface area contributed by atoms with Crippen LogP contribution in [0.3, 0.4) is 0 Å². The molecule has 0 unspecified atom stereocenters. The normalized spacial score (nSPS) is 31.1. The Morgan fingerprint density at radius 3 is 2.14 bits per heavy atom. The Bertz CT molecular complexity index is 885. The molecule has 0 heterocycles. The summed E-state index contributed by atoms with van der Waals surface area (Å²) in [6, 6.07) is 3.08. The molecular weight excluding hydrogens is 405 g/mol. The highest BCUT2D eigenvalue weighted by atomic mass is 32.2. The standard InChI is InChI=1S/C21H25F3O4S/c1-29(26,27)11-18(25)16-2-3-19(17(7-16)21(22,23)24)28-12-20-8-13-4-14(9-20)6-15(5-13)10-20/h2-3,7,13-15H,4-6,8-12H2,1H3. The van der Waals surface area contributed by atoms with Gasteiger partial charge in [0.1, 0.15) is 11.5 Å². The van der Waals surface area contributed by atoms with Crippen molar-refractivity contribution in [3.8, 4) is 5.75 Å². The second kappa shape index (κ2) is 7.00. The third-order valence-corrected chi connectivity index (χ3v) is 7.49. The van der Waals surface area contributed by atoms with Crippen molar-refractivity contribution in [3.05, 3.63) is 29.3 Å². The van der Waals surface area contributed by atoms with Crippen LogP contribution in [0.15, 0.2) is 18.2 Å². The minimum atomic E-state index is -4.70. The van der Waals surface area contributed by atoms with Gasteiger partial charge in [0.2, 0.25) is 0 Å². The van der Waals surface area contributed by atoms with E-state index in [1.807, 2.05) is 0 Å². The number of ketones is 1. The number of ether oxygens (including phenoxy) is 1. The predicted molar refractivity (Wildman–Crippen MR) is 102 cm³/mol. The zero-order valence-corrected chi connectivity index (χ0v) is 17.1. The summed E-state index contributed by atoms with van der Waals surface area (Å²) in [6.45, 7) is 0.260. The van der Waals surface area contributed by atoms with Gasteiger partial charge in [-0.25, -0.2) is 8.42 Å². The van der Waals surface area contributed by atoms with Gasteiger partial charge in [-0.1, -0.05) is 0 Å². The first kappa shape index (κ1) is 20.7. The van der Waals surface area contributed by atoms with Crippen molar-refractivity contribution in [2.75, 3.05) is 18.6 Å². The van der Waals surface area contributed by atoms with Crippen LogP contribution in [0.5, 0.6) is 5.75 Å². The molecule has 4 aliphatic rings. The Hall–Kier alpha value is -1.57. The van der Waals surface area contributed by atoms with Crippen LogP contribution < -0.4 is 4.74 Å². The highest BCUT2D eigenvalue weighted by molar-refractivity contribution is 7.91. The lowest BCUT2D eigenvalue weighted by Crippen LogP contribution is -2.48. The summed E-state index contributed by atoms with van der Waals surface area (Å²) in [5.41, 5.74) is -1.34. The van der Waals surface area contributed by atoms with E-state index in [4.69, 9.17) is 4.74 Å². The van der Waals surface area contributed by atoms with Crippen molar-refractivity contribution in [1.29, 1.82) is 0 Å². The van der Waals surface area contributed by atoms with Gasteiger partial charge in [0.05, 0.1) is 12.2 Å². The van der Waals surface area contributed by atoms with Crippen LogP contribution in [0.1, 0.15) is 54.4 Å². The Kier molecular flexibility index (Phi) is 4.99. The van der Waals surface area contributed by atoms with Crippen molar-refractivity contribution in [2.24, 2.45) is 23.2 Å². The highest BCUT2D eigenvalue weighted by Gasteiger charge is 2.51. The number of rotatable bonds is 6. The third-order valence-electron chi connectivity index (χ3n) is 6.70. The minimum absolute atomic E-state index is 0.0393. The zero-order chi connectivity index (χ0) is 21.0. The molecule has 160 valence electrons. The second-order valence-corrected chi connectivity index (χ2v) is 11.5. The summed E-state index contributed by atoms with van der Waals surface area (Å²) < 4.78 is 69.2. The van der Waals surface area contributed by atoms with Crippen LogP contribution in [0.2, 0.25) is 0 Å². The van der Waals surface area contributed by atoms with E-state index in [1.54, 1.807) is 0 Å². The molecule has 1 aromatic carbocycles. The van der Waals surface area contributed by atoms with E-state index < -0.39 is 33.1 Å². The molecule has 4 nitrogen and oxygen atoms in total. The zero-order valence-electron chi connectivity index (χ0n) is 16.3. The molecule has 4 aliphatic carbocycles. The maximum atomic E-state index is 13.6. The average molecular weight is 430 g/mol. The topological polar surface area (TPSA) is 60.4 Å². The Morgan fingerprint density at radius 2 is 1.66 bits per heavy atom. The number of benzene rings is 1. The number of halogens is 3. The average Bonchev–Trinajstić information content (AvgIpc) is 2.56. The number of hydrogen-bond acceptors (Lipinski definition) is 4. The van der Waals surface area contributed by atoms with E-state index in [0.717, 1.165) is 31.6 Å². The molecule has 29 heavy (non-hydrogen) atoms. The number of alkyl halides is 3. The van der Waals surface area contributed by atoms with Crippen molar-refractivity contribution in [2.45, 2.75) is 44.7 Å². The van der Waals surface area contributed by atoms with Crippen molar-refractivity contribution in [1.82, 2.24) is 0 Å². The first-order valence-corrected chi connectivity index (χ1v) is 12.0. The van der Waals surface area contributed by atoms with E-state index in [9.17, 15) is 26.4 Å². The quantitative estimate of drug-likeness (QED) is 0.623. The lowest BCUT2D eigenvalue weighted by atomic mass is 9.50. The molecule has 0 atom stereocenters. The summed E-state index contributed by atoms with van der Waals surface area (Å²) in [5.74, 6) is 0.0428. The molecule has 0 aromatic heterocycles. The second-order valence-electron chi connectivity index (χ2n) is 9.41. The lowest BCUT2D eigenvalue weighted by molar-refractivity contribution is -0.140. The van der Waals surface area contributed by atoms with Gasteiger partial charge in [0.15, 0.2) is 15.6 Å². The van der Waals surface area contributed by atoms with Gasteiger partial charge in [0.25, 0.3) is 0 Å². The number of Topliss-reactive ketones (excluding diaryl/α,β-unsaturated/α-hetero) is 1. The van der Waals surface area contributed by atoms with Crippen LogP contribution >= 0.6 is 0 Å². The SMILES string of the molecule is CS(=O)(=O)CC(=O)c1ccc(OCC23CC4CC(CC(C4)C2)C3)c(C(F)(F)F)c1. The van der Waals surface area contributed by atoms with E-state index in [1.165, 1.54) is 25.3 Å². The fourth-order valence-electron chi connectivity index (χ4n) is 6.07. The molecule has 5 rings (SSSR count). The van der Waals surface area contributed by atoms with Gasteiger partial charge >= 0.3 is 6.18 Å². The van der Waals surface area contributed by atoms with Crippen LogP contribution in [0.25, 0.3) is 0 Å². The van der Waals surface area contributed by atoms with E-state index in [0.29, 0.717) is 23.8 Å². The summed E-state index contributed by atoms with van der Waals surface area (Å²) >= 11 is 0. The van der Waals surface area contributed by atoms with E-state index >= 15 is 0 Å². The van der Waals surface area contributed by atoms with Gasteiger partial charge < -0.3 is 4.74 Å². The van der Waals surface area contributed by atoms with Crippen LogP contribution in [-0.4, -0.2) is 32.8 Å². The molecule has 4 bridgehead atoms. The third kappa shape index (κ3) is 4.47. The molecule has 4 saturated carbocycles. The Balaban J connectivity index is 1.55. The fourth-order valence-corrected chi connectivity index (χ4v) is 6.71. The largest absolute Gasteiger partial charge is 0.492 e. The first-order chi connectivity index (χ1) is 13.4.